The Bertz CT molecular complexity index is 988. The van der Waals surface area contributed by atoms with Crippen LogP contribution in [0.25, 0.3) is 0 Å². The number of nitrogens with two attached hydrogens (primary N) is 3. The van der Waals surface area contributed by atoms with Crippen LogP contribution in [0.3, 0.4) is 0 Å². The van der Waals surface area contributed by atoms with Crippen molar-refractivity contribution < 1.29 is 34.5 Å². The van der Waals surface area contributed by atoms with E-state index in [2.05, 4.69) is 20.9 Å². The van der Waals surface area contributed by atoms with E-state index in [0.29, 0.717) is 17.7 Å². The molecule has 14 nitrogen and oxygen atoms in total. The van der Waals surface area contributed by atoms with E-state index in [-0.39, 0.29) is 37.5 Å². The topological polar surface area (TPSA) is 255 Å². The number of thioether (sulfide) groups is 1. The lowest BCUT2D eigenvalue weighted by atomic mass is 10.0. The van der Waals surface area contributed by atoms with E-state index in [1.54, 1.807) is 6.26 Å². The van der Waals surface area contributed by atoms with Crippen LogP contribution in [0, 0.1) is 0 Å². The molecule has 0 fully saturated rings. The molecule has 0 spiro atoms. The molecule has 218 valence electrons. The quantitative estimate of drug-likeness (QED) is 0.0562. The Morgan fingerprint density at radius 1 is 0.974 bits per heavy atom. The largest absolute Gasteiger partial charge is 0.508 e. The number of rotatable bonds is 17. The zero-order chi connectivity index (χ0) is 29.5. The Morgan fingerprint density at radius 2 is 1.59 bits per heavy atom. The number of benzene rings is 1. The summed E-state index contributed by atoms with van der Waals surface area (Å²) in [5.74, 6) is -3.16. The van der Waals surface area contributed by atoms with Crippen LogP contribution in [0.1, 0.15) is 31.7 Å². The number of carboxylic acid groups (broad SMARTS) is 1. The van der Waals surface area contributed by atoms with Crippen LogP contribution in [0.5, 0.6) is 5.75 Å². The number of nitrogens with one attached hydrogen (secondary N) is 3. The lowest BCUT2D eigenvalue weighted by Crippen LogP contribution is -2.60. The molecule has 0 saturated heterocycles. The molecule has 15 heteroatoms. The molecule has 0 aromatic heterocycles. The standard InChI is InChI=1S/C24H39N7O7S/c1-13(32)19(31-20(34)16(25)4-3-10-28-24(26)27)22(36)29-17(9-11-39-2)21(35)30-18(23(37)38)12-14-5-7-15(33)8-6-14/h5-8,13,16-19,32-33H,3-4,9-12,25H2,1-2H3,(H,29,36)(H,30,35)(H,31,34)(H,37,38)(H4,26,27,28). The van der Waals surface area contributed by atoms with Crippen LogP contribution in [-0.4, -0.2) is 93.8 Å². The average Bonchev–Trinajstić information content (AvgIpc) is 2.87. The summed E-state index contributed by atoms with van der Waals surface area (Å²) >= 11 is 1.41. The number of carbonyl (C=O) groups is 4. The molecule has 0 radical (unpaired) electrons. The van der Waals surface area contributed by atoms with Gasteiger partial charge in [0.2, 0.25) is 17.7 Å². The Hall–Kier alpha value is -3.56. The predicted octanol–water partition coefficient (Wildman–Crippen LogP) is -2.01. The fraction of sp³-hybridized carbons (Fsp3) is 0.542. The normalized spacial score (nSPS) is 14.7. The Labute approximate surface area is 231 Å². The van der Waals surface area contributed by atoms with Gasteiger partial charge in [0, 0.05) is 13.0 Å². The summed E-state index contributed by atoms with van der Waals surface area (Å²) in [5.41, 5.74) is 16.9. The number of aliphatic hydroxyl groups excluding tert-OH is 1. The molecular weight excluding hydrogens is 530 g/mol. The van der Waals surface area contributed by atoms with Crippen LogP contribution < -0.4 is 33.2 Å². The Balaban J connectivity index is 2.89. The van der Waals surface area contributed by atoms with Gasteiger partial charge in [0.25, 0.3) is 0 Å². The highest BCUT2D eigenvalue weighted by Gasteiger charge is 2.32. The third-order valence-corrected chi connectivity index (χ3v) is 6.25. The minimum atomic E-state index is -1.42. The van der Waals surface area contributed by atoms with Gasteiger partial charge in [0.05, 0.1) is 12.1 Å². The van der Waals surface area contributed by atoms with Crippen molar-refractivity contribution in [1.29, 1.82) is 0 Å². The number of hydrogen-bond donors (Lipinski definition) is 9. The summed E-state index contributed by atoms with van der Waals surface area (Å²) in [4.78, 5) is 54.2. The molecule has 0 saturated carbocycles. The molecule has 5 unspecified atom stereocenters. The van der Waals surface area contributed by atoms with Gasteiger partial charge >= 0.3 is 5.97 Å². The first-order valence-electron chi connectivity index (χ1n) is 12.3. The van der Waals surface area contributed by atoms with E-state index in [0.717, 1.165) is 0 Å². The second-order valence-electron chi connectivity index (χ2n) is 8.89. The van der Waals surface area contributed by atoms with Gasteiger partial charge in [-0.15, -0.1) is 0 Å². The second kappa shape index (κ2) is 17.1. The molecule has 3 amide bonds. The molecule has 0 bridgehead atoms. The van der Waals surface area contributed by atoms with E-state index in [1.165, 1.54) is 43.0 Å². The third kappa shape index (κ3) is 12.7. The van der Waals surface area contributed by atoms with Crippen molar-refractivity contribution in [3.05, 3.63) is 29.8 Å². The smallest absolute Gasteiger partial charge is 0.326 e. The second-order valence-corrected chi connectivity index (χ2v) is 9.88. The van der Waals surface area contributed by atoms with Gasteiger partial charge in [-0.2, -0.15) is 11.8 Å². The molecular formula is C24H39N7O7S. The summed E-state index contributed by atoms with van der Waals surface area (Å²) in [6.45, 7) is 1.56. The molecule has 1 aromatic carbocycles. The Kier molecular flexibility index (Phi) is 14.7. The SMILES string of the molecule is CSCCC(NC(=O)C(NC(=O)C(N)CCCN=C(N)N)C(C)O)C(=O)NC(Cc1ccc(O)cc1)C(=O)O. The van der Waals surface area contributed by atoms with Gasteiger partial charge < -0.3 is 48.5 Å². The van der Waals surface area contributed by atoms with Gasteiger partial charge in [-0.3, -0.25) is 19.4 Å². The third-order valence-electron chi connectivity index (χ3n) is 5.60. The maximum absolute atomic E-state index is 13.0. The number of phenolic OH excluding ortho intramolecular Hbond substituents is 1. The molecule has 1 rings (SSSR count). The molecule has 0 heterocycles. The number of guanidine groups is 1. The molecule has 5 atom stereocenters. The van der Waals surface area contributed by atoms with Crippen molar-refractivity contribution in [2.45, 2.75) is 62.9 Å². The van der Waals surface area contributed by atoms with E-state index in [1.807, 2.05) is 0 Å². The zero-order valence-corrected chi connectivity index (χ0v) is 22.8. The van der Waals surface area contributed by atoms with Gasteiger partial charge in [-0.25, -0.2) is 4.79 Å². The highest BCUT2D eigenvalue weighted by atomic mass is 32.2. The fourth-order valence-corrected chi connectivity index (χ4v) is 3.89. The molecule has 1 aromatic rings. The first-order valence-corrected chi connectivity index (χ1v) is 13.6. The van der Waals surface area contributed by atoms with Gasteiger partial charge in [0.1, 0.15) is 23.9 Å². The highest BCUT2D eigenvalue weighted by Crippen LogP contribution is 2.12. The number of aliphatic hydroxyl groups is 1. The van der Waals surface area contributed by atoms with Crippen molar-refractivity contribution in [2.75, 3.05) is 18.6 Å². The molecule has 39 heavy (non-hydrogen) atoms. The molecule has 0 aliphatic carbocycles. The predicted molar refractivity (Wildman–Crippen MR) is 148 cm³/mol. The molecule has 0 aliphatic rings. The van der Waals surface area contributed by atoms with Gasteiger partial charge in [-0.05, 0) is 55.9 Å². The number of aliphatic carboxylic acids is 1. The van der Waals surface area contributed by atoms with Crippen LogP contribution in [-0.2, 0) is 25.6 Å². The lowest BCUT2D eigenvalue weighted by Gasteiger charge is -2.26. The summed E-state index contributed by atoms with van der Waals surface area (Å²) in [6.07, 6.45) is 1.20. The summed E-state index contributed by atoms with van der Waals surface area (Å²) in [5, 5.41) is 36.6. The zero-order valence-electron chi connectivity index (χ0n) is 22.0. The monoisotopic (exact) mass is 569 g/mol. The van der Waals surface area contributed by atoms with Gasteiger partial charge in [0.15, 0.2) is 5.96 Å². The number of carboxylic acids is 1. The number of phenols is 1. The van der Waals surface area contributed by atoms with Crippen LogP contribution in [0.15, 0.2) is 29.3 Å². The number of aromatic hydroxyl groups is 1. The average molecular weight is 570 g/mol. The number of aliphatic imine (C=N–C) groups is 1. The van der Waals surface area contributed by atoms with Crippen molar-refractivity contribution >= 4 is 41.4 Å². The summed E-state index contributed by atoms with van der Waals surface area (Å²) in [7, 11) is 0. The number of amides is 3. The van der Waals surface area contributed by atoms with Crippen LogP contribution in [0.4, 0.5) is 0 Å². The minimum Gasteiger partial charge on any atom is -0.508 e. The van der Waals surface area contributed by atoms with Gasteiger partial charge in [-0.1, -0.05) is 12.1 Å². The first kappa shape index (κ1) is 33.5. The highest BCUT2D eigenvalue weighted by molar-refractivity contribution is 7.98. The van der Waals surface area contributed by atoms with Crippen LogP contribution in [0.2, 0.25) is 0 Å². The maximum Gasteiger partial charge on any atom is 0.326 e. The summed E-state index contributed by atoms with van der Waals surface area (Å²) in [6, 6.07) is 1.00. The van der Waals surface area contributed by atoms with Crippen molar-refractivity contribution in [1.82, 2.24) is 16.0 Å². The Morgan fingerprint density at radius 3 is 2.13 bits per heavy atom. The van der Waals surface area contributed by atoms with Crippen molar-refractivity contribution in [3.8, 4) is 5.75 Å². The van der Waals surface area contributed by atoms with E-state index >= 15 is 0 Å². The minimum absolute atomic E-state index is 0.0150. The van der Waals surface area contributed by atoms with E-state index in [4.69, 9.17) is 17.2 Å². The number of nitrogens with zero attached hydrogens (tertiary/aromatic N) is 1. The van der Waals surface area contributed by atoms with Crippen molar-refractivity contribution in [2.24, 2.45) is 22.2 Å². The fourth-order valence-electron chi connectivity index (χ4n) is 3.42. The maximum atomic E-state index is 13.0. The van der Waals surface area contributed by atoms with E-state index < -0.39 is 54.0 Å². The molecule has 0 aliphatic heterocycles. The van der Waals surface area contributed by atoms with E-state index in [9.17, 15) is 34.5 Å². The first-order chi connectivity index (χ1) is 18.3. The number of carbonyl (C=O) groups excluding carboxylic acids is 3. The van der Waals surface area contributed by atoms with Crippen LogP contribution >= 0.6 is 11.8 Å². The van der Waals surface area contributed by atoms with Crippen molar-refractivity contribution in [3.63, 3.8) is 0 Å². The molecule has 12 N–H and O–H groups in total. The lowest BCUT2D eigenvalue weighted by molar-refractivity contribution is -0.142. The summed E-state index contributed by atoms with van der Waals surface area (Å²) < 4.78 is 0. The number of hydrogen-bond acceptors (Lipinski definition) is 9.